The van der Waals surface area contributed by atoms with Crippen LogP contribution < -0.4 is 5.69 Å². The van der Waals surface area contributed by atoms with Gasteiger partial charge in [-0.3, -0.25) is 4.98 Å². The summed E-state index contributed by atoms with van der Waals surface area (Å²) in [6.07, 6.45) is 0. The zero-order valence-corrected chi connectivity index (χ0v) is 8.43. The normalized spacial score (nSPS) is 10.4. The van der Waals surface area contributed by atoms with Crippen LogP contribution in [0.5, 0.6) is 0 Å². The van der Waals surface area contributed by atoms with Crippen molar-refractivity contribution >= 4 is 15.9 Å². The Morgan fingerprint density at radius 3 is 2.79 bits per heavy atom. The molecular weight excluding hydrogens is 253 g/mol. The lowest BCUT2D eigenvalue weighted by atomic mass is 10.2. The van der Waals surface area contributed by atoms with E-state index in [1.165, 1.54) is 18.2 Å². The van der Waals surface area contributed by atoms with Crippen LogP contribution in [0.3, 0.4) is 0 Å². The Hall–Kier alpha value is -1.43. The van der Waals surface area contributed by atoms with Crippen molar-refractivity contribution in [2.75, 3.05) is 0 Å². The van der Waals surface area contributed by atoms with Gasteiger partial charge in [0.2, 0.25) is 0 Å². The maximum Gasteiger partial charge on any atom is 0.340 e. The summed E-state index contributed by atoms with van der Waals surface area (Å²) in [6, 6.07) is 4.14. The first-order chi connectivity index (χ1) is 6.66. The zero-order chi connectivity index (χ0) is 10.1. The van der Waals surface area contributed by atoms with Gasteiger partial charge in [0.25, 0.3) is 0 Å². The molecule has 2 N–H and O–H groups in total. The second kappa shape index (κ2) is 3.38. The molecular formula is C8H5BrFN3O. The van der Waals surface area contributed by atoms with Crippen LogP contribution in [0.15, 0.2) is 27.5 Å². The molecule has 0 radical (unpaired) electrons. The highest BCUT2D eigenvalue weighted by Crippen LogP contribution is 2.25. The van der Waals surface area contributed by atoms with Crippen molar-refractivity contribution in [2.45, 2.75) is 0 Å². The van der Waals surface area contributed by atoms with E-state index in [2.05, 4.69) is 31.1 Å². The van der Waals surface area contributed by atoms with Crippen molar-refractivity contribution in [2.24, 2.45) is 0 Å². The van der Waals surface area contributed by atoms with E-state index in [1.54, 1.807) is 0 Å². The molecule has 1 heterocycles. The predicted molar refractivity (Wildman–Crippen MR) is 52.3 cm³/mol. The molecule has 0 fully saturated rings. The van der Waals surface area contributed by atoms with Crippen molar-refractivity contribution in [1.29, 1.82) is 0 Å². The zero-order valence-electron chi connectivity index (χ0n) is 6.84. The average molecular weight is 258 g/mol. The minimum Gasteiger partial charge on any atom is -0.289 e. The van der Waals surface area contributed by atoms with Gasteiger partial charge in [-0.05, 0) is 34.1 Å². The number of H-pyrrole nitrogens is 2. The van der Waals surface area contributed by atoms with E-state index in [1.807, 2.05) is 0 Å². The van der Waals surface area contributed by atoms with Crippen LogP contribution in [0.4, 0.5) is 4.39 Å². The van der Waals surface area contributed by atoms with Gasteiger partial charge in [-0.15, -0.1) is 0 Å². The third kappa shape index (κ3) is 1.60. The van der Waals surface area contributed by atoms with Crippen LogP contribution >= 0.6 is 15.9 Å². The highest BCUT2D eigenvalue weighted by Gasteiger charge is 2.07. The van der Waals surface area contributed by atoms with Crippen molar-refractivity contribution < 1.29 is 4.39 Å². The Bertz CT molecular complexity index is 519. The fourth-order valence-corrected chi connectivity index (χ4v) is 1.62. The topological polar surface area (TPSA) is 61.5 Å². The summed E-state index contributed by atoms with van der Waals surface area (Å²) >= 11 is 3.18. The molecule has 0 spiro atoms. The van der Waals surface area contributed by atoms with E-state index in [9.17, 15) is 9.18 Å². The smallest absolute Gasteiger partial charge is 0.289 e. The van der Waals surface area contributed by atoms with Gasteiger partial charge in [-0.1, -0.05) is 0 Å². The fourth-order valence-electron chi connectivity index (χ4n) is 1.08. The number of hydrogen-bond acceptors (Lipinski definition) is 2. The van der Waals surface area contributed by atoms with E-state index in [-0.39, 0.29) is 5.82 Å². The lowest BCUT2D eigenvalue weighted by molar-refractivity contribution is 0.627. The van der Waals surface area contributed by atoms with Gasteiger partial charge in [0.1, 0.15) is 5.82 Å². The quantitative estimate of drug-likeness (QED) is 0.817. The van der Waals surface area contributed by atoms with Crippen LogP contribution in [0.25, 0.3) is 11.4 Å². The summed E-state index contributed by atoms with van der Waals surface area (Å²) in [6.45, 7) is 0. The first-order valence-corrected chi connectivity index (χ1v) is 4.56. The maximum atomic E-state index is 12.7. The van der Waals surface area contributed by atoms with Crippen molar-refractivity contribution in [1.82, 2.24) is 15.2 Å². The van der Waals surface area contributed by atoms with Crippen LogP contribution in [0, 0.1) is 5.82 Å². The van der Waals surface area contributed by atoms with E-state index in [0.717, 1.165) is 0 Å². The number of hydrogen-bond donors (Lipinski definition) is 2. The SMILES string of the molecule is O=c1[nH]nc(-c2ccc(F)cc2Br)[nH]1. The van der Waals surface area contributed by atoms with Gasteiger partial charge in [-0.25, -0.2) is 14.3 Å². The highest BCUT2D eigenvalue weighted by molar-refractivity contribution is 9.10. The molecule has 1 aromatic carbocycles. The van der Waals surface area contributed by atoms with Crippen molar-refractivity contribution in [3.63, 3.8) is 0 Å². The third-order valence-corrected chi connectivity index (χ3v) is 2.34. The van der Waals surface area contributed by atoms with Gasteiger partial charge in [0, 0.05) is 10.0 Å². The van der Waals surface area contributed by atoms with Crippen LogP contribution in [0.1, 0.15) is 0 Å². The highest BCUT2D eigenvalue weighted by atomic mass is 79.9. The molecule has 2 rings (SSSR count). The van der Waals surface area contributed by atoms with Crippen molar-refractivity contribution in [3.05, 3.63) is 39.0 Å². The lowest BCUT2D eigenvalue weighted by Crippen LogP contribution is -2.00. The van der Waals surface area contributed by atoms with E-state index in [0.29, 0.717) is 15.9 Å². The van der Waals surface area contributed by atoms with Gasteiger partial charge in [0.15, 0.2) is 5.82 Å². The molecule has 0 aliphatic carbocycles. The molecule has 0 aliphatic rings. The molecule has 14 heavy (non-hydrogen) atoms. The lowest BCUT2D eigenvalue weighted by Gasteiger charge is -1.98. The van der Waals surface area contributed by atoms with Crippen LogP contribution in [-0.4, -0.2) is 15.2 Å². The van der Waals surface area contributed by atoms with E-state index in [4.69, 9.17) is 0 Å². The minimum absolute atomic E-state index is 0.349. The molecule has 0 amide bonds. The van der Waals surface area contributed by atoms with Crippen molar-refractivity contribution in [3.8, 4) is 11.4 Å². The third-order valence-electron chi connectivity index (χ3n) is 1.69. The van der Waals surface area contributed by atoms with Crippen LogP contribution in [-0.2, 0) is 0 Å². The Morgan fingerprint density at radius 1 is 1.43 bits per heavy atom. The van der Waals surface area contributed by atoms with E-state index < -0.39 is 5.69 Å². The summed E-state index contributed by atoms with van der Waals surface area (Å²) < 4.78 is 13.3. The molecule has 72 valence electrons. The number of nitrogens with zero attached hydrogens (tertiary/aromatic N) is 1. The molecule has 2 aromatic rings. The number of aromatic amines is 2. The fraction of sp³-hybridized carbons (Fsp3) is 0. The molecule has 1 aromatic heterocycles. The number of rotatable bonds is 1. The molecule has 0 saturated heterocycles. The molecule has 0 aliphatic heterocycles. The first kappa shape index (κ1) is 9.14. The number of benzene rings is 1. The monoisotopic (exact) mass is 257 g/mol. The summed E-state index contributed by atoms with van der Waals surface area (Å²) in [5, 5.41) is 5.96. The molecule has 4 nitrogen and oxygen atoms in total. The summed E-state index contributed by atoms with van der Waals surface area (Å²) in [5.74, 6) is 0.0281. The number of halogens is 2. The molecule has 0 saturated carbocycles. The second-order valence-corrected chi connectivity index (χ2v) is 3.50. The Labute approximate surface area is 86.3 Å². The average Bonchev–Trinajstić information content (AvgIpc) is 2.51. The van der Waals surface area contributed by atoms with Gasteiger partial charge < -0.3 is 0 Å². The Balaban J connectivity index is 2.57. The Morgan fingerprint density at radius 2 is 2.21 bits per heavy atom. The van der Waals surface area contributed by atoms with Gasteiger partial charge >= 0.3 is 5.69 Å². The molecule has 0 bridgehead atoms. The summed E-state index contributed by atoms with van der Waals surface area (Å²) in [7, 11) is 0. The van der Waals surface area contributed by atoms with Crippen LogP contribution in [0.2, 0.25) is 0 Å². The minimum atomic E-state index is -0.392. The summed E-state index contributed by atoms with van der Waals surface area (Å²) in [4.78, 5) is 13.3. The van der Waals surface area contributed by atoms with Gasteiger partial charge in [-0.2, -0.15) is 5.10 Å². The summed E-state index contributed by atoms with van der Waals surface area (Å²) in [5.41, 5.74) is 0.237. The van der Waals surface area contributed by atoms with Gasteiger partial charge in [0.05, 0.1) is 0 Å². The standard InChI is InChI=1S/C8H5BrFN3O/c9-6-3-4(10)1-2-5(6)7-11-8(14)13-12-7/h1-3H,(H2,11,12,13,14). The number of aromatic nitrogens is 3. The Kier molecular flexibility index (Phi) is 2.20. The molecule has 0 atom stereocenters. The molecule has 0 unspecified atom stereocenters. The number of nitrogens with one attached hydrogen (secondary N) is 2. The predicted octanol–water partition coefficient (Wildman–Crippen LogP) is 1.67. The maximum absolute atomic E-state index is 12.7. The first-order valence-electron chi connectivity index (χ1n) is 3.77. The molecule has 6 heteroatoms. The largest absolute Gasteiger partial charge is 0.340 e. The van der Waals surface area contributed by atoms with E-state index >= 15 is 0 Å². The second-order valence-electron chi connectivity index (χ2n) is 2.65.